The van der Waals surface area contributed by atoms with Gasteiger partial charge < -0.3 is 20.3 Å². The highest BCUT2D eigenvalue weighted by Crippen LogP contribution is 2.12. The largest absolute Gasteiger partial charge is 0.494 e. The molecule has 0 aliphatic rings. The SMILES string of the molecule is Cc1cccc(OCCCC(=O)NCC(O)CO)c1. The minimum absolute atomic E-state index is 0.0775. The van der Waals surface area contributed by atoms with Crippen molar-refractivity contribution < 1.29 is 19.7 Å². The van der Waals surface area contributed by atoms with Crippen molar-refractivity contribution in [3.8, 4) is 5.75 Å². The van der Waals surface area contributed by atoms with Crippen molar-refractivity contribution in [2.24, 2.45) is 0 Å². The van der Waals surface area contributed by atoms with Gasteiger partial charge in [0, 0.05) is 13.0 Å². The van der Waals surface area contributed by atoms with Gasteiger partial charge in [-0.05, 0) is 31.0 Å². The third kappa shape index (κ3) is 6.79. The van der Waals surface area contributed by atoms with E-state index in [4.69, 9.17) is 14.9 Å². The molecule has 3 N–H and O–H groups in total. The van der Waals surface area contributed by atoms with E-state index < -0.39 is 6.10 Å². The van der Waals surface area contributed by atoms with Crippen molar-refractivity contribution in [1.29, 1.82) is 0 Å². The van der Waals surface area contributed by atoms with E-state index in [9.17, 15) is 4.79 Å². The number of carbonyl (C=O) groups is 1. The molecule has 106 valence electrons. The Morgan fingerprint density at radius 1 is 1.47 bits per heavy atom. The molecule has 0 spiro atoms. The molecule has 0 heterocycles. The quantitative estimate of drug-likeness (QED) is 0.603. The molecule has 0 radical (unpaired) electrons. The van der Waals surface area contributed by atoms with Crippen LogP contribution in [0.1, 0.15) is 18.4 Å². The molecule has 1 unspecified atom stereocenters. The van der Waals surface area contributed by atoms with Crippen LogP contribution in [-0.4, -0.2) is 42.0 Å². The first kappa shape index (κ1) is 15.5. The van der Waals surface area contributed by atoms with Crippen LogP contribution in [0.25, 0.3) is 0 Å². The minimum atomic E-state index is -0.896. The summed E-state index contributed by atoms with van der Waals surface area (Å²) >= 11 is 0. The number of aliphatic hydroxyl groups excluding tert-OH is 2. The number of amides is 1. The van der Waals surface area contributed by atoms with Crippen LogP contribution in [0.2, 0.25) is 0 Å². The lowest BCUT2D eigenvalue weighted by Gasteiger charge is -2.09. The first-order valence-electron chi connectivity index (χ1n) is 6.37. The molecule has 5 nitrogen and oxygen atoms in total. The highest BCUT2D eigenvalue weighted by molar-refractivity contribution is 5.75. The van der Waals surface area contributed by atoms with Crippen LogP contribution < -0.4 is 10.1 Å². The van der Waals surface area contributed by atoms with Gasteiger partial charge in [-0.25, -0.2) is 0 Å². The van der Waals surface area contributed by atoms with E-state index in [0.717, 1.165) is 11.3 Å². The summed E-state index contributed by atoms with van der Waals surface area (Å²) in [6.45, 7) is 2.19. The van der Waals surface area contributed by atoms with Gasteiger partial charge in [0.15, 0.2) is 0 Å². The summed E-state index contributed by atoms with van der Waals surface area (Å²) in [6, 6.07) is 7.74. The molecule has 0 aliphatic heterocycles. The molecule has 0 bridgehead atoms. The van der Waals surface area contributed by atoms with Crippen molar-refractivity contribution in [2.45, 2.75) is 25.9 Å². The summed E-state index contributed by atoms with van der Waals surface area (Å²) in [7, 11) is 0. The summed E-state index contributed by atoms with van der Waals surface area (Å²) < 4.78 is 5.51. The molecule has 0 aromatic heterocycles. The van der Waals surface area contributed by atoms with Gasteiger partial charge in [0.25, 0.3) is 0 Å². The molecule has 0 saturated carbocycles. The maximum atomic E-state index is 11.4. The number of rotatable bonds is 8. The van der Waals surface area contributed by atoms with E-state index in [1.807, 2.05) is 31.2 Å². The molecule has 1 aromatic rings. The standard InChI is InChI=1S/C14H21NO4/c1-11-4-2-5-13(8-11)19-7-3-6-14(18)15-9-12(17)10-16/h2,4-5,8,12,16-17H,3,6-7,9-10H2,1H3,(H,15,18). The third-order valence-corrected chi connectivity index (χ3v) is 2.55. The van der Waals surface area contributed by atoms with Gasteiger partial charge >= 0.3 is 0 Å². The number of ether oxygens (including phenoxy) is 1. The Morgan fingerprint density at radius 3 is 2.95 bits per heavy atom. The zero-order valence-corrected chi connectivity index (χ0v) is 11.1. The second-order valence-electron chi connectivity index (χ2n) is 4.41. The zero-order valence-electron chi connectivity index (χ0n) is 11.1. The predicted octanol–water partition coefficient (Wildman–Crippen LogP) is 0.623. The summed E-state index contributed by atoms with van der Waals surface area (Å²) in [5, 5.41) is 20.2. The maximum Gasteiger partial charge on any atom is 0.220 e. The smallest absolute Gasteiger partial charge is 0.220 e. The molecule has 1 atom stereocenters. The normalized spacial score (nSPS) is 11.9. The molecule has 19 heavy (non-hydrogen) atoms. The van der Waals surface area contributed by atoms with Crippen LogP contribution in [0.3, 0.4) is 0 Å². The Kier molecular flexibility index (Phi) is 6.92. The van der Waals surface area contributed by atoms with E-state index in [1.54, 1.807) is 0 Å². The van der Waals surface area contributed by atoms with Crippen LogP contribution in [-0.2, 0) is 4.79 Å². The molecular weight excluding hydrogens is 246 g/mol. The Labute approximate surface area is 113 Å². The predicted molar refractivity (Wildman–Crippen MR) is 72.0 cm³/mol. The zero-order chi connectivity index (χ0) is 14.1. The van der Waals surface area contributed by atoms with E-state index in [0.29, 0.717) is 19.4 Å². The number of hydrogen-bond acceptors (Lipinski definition) is 4. The number of carbonyl (C=O) groups excluding carboxylic acids is 1. The Hall–Kier alpha value is -1.59. The average molecular weight is 267 g/mol. The third-order valence-electron chi connectivity index (χ3n) is 2.55. The lowest BCUT2D eigenvalue weighted by atomic mass is 10.2. The van der Waals surface area contributed by atoms with Crippen molar-refractivity contribution in [3.63, 3.8) is 0 Å². The van der Waals surface area contributed by atoms with Crippen molar-refractivity contribution in [2.75, 3.05) is 19.8 Å². The highest BCUT2D eigenvalue weighted by atomic mass is 16.5. The van der Waals surface area contributed by atoms with E-state index in [1.165, 1.54) is 0 Å². The van der Waals surface area contributed by atoms with E-state index in [-0.39, 0.29) is 19.1 Å². The summed E-state index contributed by atoms with van der Waals surface area (Å²) in [6.07, 6.45) is 0.0476. The highest BCUT2D eigenvalue weighted by Gasteiger charge is 2.05. The minimum Gasteiger partial charge on any atom is -0.494 e. The van der Waals surface area contributed by atoms with Crippen LogP contribution in [0, 0.1) is 6.92 Å². The fourth-order valence-corrected chi connectivity index (χ4v) is 1.51. The lowest BCUT2D eigenvalue weighted by Crippen LogP contribution is -2.33. The molecule has 1 rings (SSSR count). The topological polar surface area (TPSA) is 78.8 Å². The van der Waals surface area contributed by atoms with Crippen LogP contribution in [0.4, 0.5) is 0 Å². The van der Waals surface area contributed by atoms with Gasteiger partial charge in [-0.15, -0.1) is 0 Å². The molecular formula is C14H21NO4. The fraction of sp³-hybridized carbons (Fsp3) is 0.500. The van der Waals surface area contributed by atoms with Crippen LogP contribution >= 0.6 is 0 Å². The molecule has 1 amide bonds. The number of nitrogens with one attached hydrogen (secondary N) is 1. The molecule has 0 saturated heterocycles. The van der Waals surface area contributed by atoms with Crippen molar-refractivity contribution in [3.05, 3.63) is 29.8 Å². The Balaban J connectivity index is 2.12. The number of aryl methyl sites for hydroxylation is 1. The van der Waals surface area contributed by atoms with E-state index >= 15 is 0 Å². The first-order valence-corrected chi connectivity index (χ1v) is 6.37. The number of benzene rings is 1. The number of hydrogen-bond donors (Lipinski definition) is 3. The van der Waals surface area contributed by atoms with Crippen LogP contribution in [0.5, 0.6) is 5.75 Å². The van der Waals surface area contributed by atoms with Crippen LogP contribution in [0.15, 0.2) is 24.3 Å². The van der Waals surface area contributed by atoms with Crippen molar-refractivity contribution >= 4 is 5.91 Å². The van der Waals surface area contributed by atoms with Gasteiger partial charge in [0.1, 0.15) is 5.75 Å². The summed E-state index contributed by atoms with van der Waals surface area (Å²) in [5.74, 6) is 0.649. The first-order chi connectivity index (χ1) is 9.11. The second kappa shape index (κ2) is 8.50. The number of aliphatic hydroxyl groups is 2. The van der Waals surface area contributed by atoms with Gasteiger partial charge in [0.2, 0.25) is 5.91 Å². The molecule has 0 fully saturated rings. The average Bonchev–Trinajstić information content (AvgIpc) is 2.41. The van der Waals surface area contributed by atoms with Crippen molar-refractivity contribution in [1.82, 2.24) is 5.32 Å². The molecule has 1 aromatic carbocycles. The Morgan fingerprint density at radius 2 is 2.26 bits per heavy atom. The summed E-state index contributed by atoms with van der Waals surface area (Å²) in [5.41, 5.74) is 1.13. The molecule has 0 aliphatic carbocycles. The maximum absolute atomic E-state index is 11.4. The summed E-state index contributed by atoms with van der Waals surface area (Å²) in [4.78, 5) is 11.4. The molecule has 5 heteroatoms. The van der Waals surface area contributed by atoms with E-state index in [2.05, 4.69) is 5.32 Å². The Bertz CT molecular complexity index is 395. The van der Waals surface area contributed by atoms with Gasteiger partial charge in [-0.2, -0.15) is 0 Å². The lowest BCUT2D eigenvalue weighted by molar-refractivity contribution is -0.121. The van der Waals surface area contributed by atoms with Gasteiger partial charge in [-0.1, -0.05) is 12.1 Å². The second-order valence-corrected chi connectivity index (χ2v) is 4.41. The van der Waals surface area contributed by atoms with Gasteiger partial charge in [0.05, 0.1) is 19.3 Å². The fourth-order valence-electron chi connectivity index (χ4n) is 1.51. The monoisotopic (exact) mass is 267 g/mol. The van der Waals surface area contributed by atoms with Gasteiger partial charge in [-0.3, -0.25) is 4.79 Å².